The van der Waals surface area contributed by atoms with Gasteiger partial charge in [0.25, 0.3) is 11.8 Å². The molecule has 0 aliphatic rings. The molecule has 2 aromatic rings. The fourth-order valence-corrected chi connectivity index (χ4v) is 2.38. The molecule has 0 fully saturated rings. The number of nitrogens with one attached hydrogen (secondary N) is 2. The van der Waals surface area contributed by atoms with Crippen LogP contribution in [-0.2, 0) is 9.47 Å². The van der Waals surface area contributed by atoms with Crippen LogP contribution in [0.3, 0.4) is 0 Å². The van der Waals surface area contributed by atoms with Gasteiger partial charge in [0.2, 0.25) is 0 Å². The van der Waals surface area contributed by atoms with Crippen molar-refractivity contribution in [3.8, 4) is 5.75 Å². The first-order valence-electron chi connectivity index (χ1n) is 9.13. The molecule has 0 unspecified atom stereocenters. The molecule has 0 aromatic heterocycles. The van der Waals surface area contributed by atoms with Crippen molar-refractivity contribution in [3.05, 3.63) is 59.7 Å². The molecule has 0 aliphatic heterocycles. The van der Waals surface area contributed by atoms with Gasteiger partial charge in [-0.05, 0) is 49.4 Å². The molecule has 7 nitrogen and oxygen atoms in total. The molecule has 28 heavy (non-hydrogen) atoms. The second-order valence-electron chi connectivity index (χ2n) is 5.85. The van der Waals surface area contributed by atoms with Crippen molar-refractivity contribution >= 4 is 17.5 Å². The summed E-state index contributed by atoms with van der Waals surface area (Å²) in [7, 11) is 1.57. The van der Waals surface area contributed by atoms with Gasteiger partial charge in [0.15, 0.2) is 0 Å². The summed E-state index contributed by atoms with van der Waals surface area (Å²) in [5, 5.41) is 5.54. The molecule has 7 heteroatoms. The van der Waals surface area contributed by atoms with Gasteiger partial charge in [0.05, 0.1) is 13.2 Å². The van der Waals surface area contributed by atoms with Crippen LogP contribution >= 0.6 is 0 Å². The Kier molecular flexibility index (Phi) is 8.97. The Morgan fingerprint density at radius 3 is 2.43 bits per heavy atom. The number of amides is 2. The average molecular weight is 386 g/mol. The SMILES string of the molecule is CCOCCOc1ccc(C(=O)Nc2cccc(C(=O)NCCOC)c2)cc1. The molecule has 2 aromatic carbocycles. The van der Waals surface area contributed by atoms with Crippen molar-refractivity contribution in [3.63, 3.8) is 0 Å². The highest BCUT2D eigenvalue weighted by Crippen LogP contribution is 2.15. The van der Waals surface area contributed by atoms with E-state index in [0.29, 0.717) is 55.5 Å². The molecule has 2 rings (SSSR count). The number of rotatable bonds is 11. The van der Waals surface area contributed by atoms with Gasteiger partial charge in [-0.2, -0.15) is 0 Å². The second-order valence-corrected chi connectivity index (χ2v) is 5.85. The molecule has 0 saturated carbocycles. The number of methoxy groups -OCH3 is 1. The molecule has 2 N–H and O–H groups in total. The second kappa shape index (κ2) is 11.7. The number of anilines is 1. The smallest absolute Gasteiger partial charge is 0.255 e. The topological polar surface area (TPSA) is 85.9 Å². The van der Waals surface area contributed by atoms with Crippen LogP contribution in [0.2, 0.25) is 0 Å². The van der Waals surface area contributed by atoms with E-state index in [9.17, 15) is 9.59 Å². The van der Waals surface area contributed by atoms with E-state index in [1.54, 1.807) is 55.6 Å². The standard InChI is InChI=1S/C21H26N2O5/c1-3-27-13-14-28-19-9-7-16(8-10-19)21(25)23-18-6-4-5-17(15-18)20(24)22-11-12-26-2/h4-10,15H,3,11-14H2,1-2H3,(H,22,24)(H,23,25). The summed E-state index contributed by atoms with van der Waals surface area (Å²) in [5.74, 6) is 0.186. The van der Waals surface area contributed by atoms with Crippen molar-refractivity contribution in [2.75, 3.05) is 45.4 Å². The number of carbonyl (C=O) groups is 2. The lowest BCUT2D eigenvalue weighted by Gasteiger charge is -2.09. The molecule has 0 spiro atoms. The fourth-order valence-electron chi connectivity index (χ4n) is 2.38. The zero-order chi connectivity index (χ0) is 20.2. The van der Waals surface area contributed by atoms with E-state index in [4.69, 9.17) is 14.2 Å². The number of hydrogen-bond acceptors (Lipinski definition) is 5. The molecule has 0 radical (unpaired) electrons. The lowest BCUT2D eigenvalue weighted by molar-refractivity contribution is 0.0936. The van der Waals surface area contributed by atoms with E-state index in [0.717, 1.165) is 0 Å². The van der Waals surface area contributed by atoms with Crippen molar-refractivity contribution in [1.82, 2.24) is 5.32 Å². The largest absolute Gasteiger partial charge is 0.491 e. The van der Waals surface area contributed by atoms with Crippen molar-refractivity contribution in [1.29, 1.82) is 0 Å². The predicted octanol–water partition coefficient (Wildman–Crippen LogP) is 2.73. The zero-order valence-corrected chi connectivity index (χ0v) is 16.2. The van der Waals surface area contributed by atoms with Crippen molar-refractivity contribution < 1.29 is 23.8 Å². The third kappa shape index (κ3) is 7.02. The maximum Gasteiger partial charge on any atom is 0.255 e. The maximum atomic E-state index is 12.4. The van der Waals surface area contributed by atoms with Crippen molar-refractivity contribution in [2.24, 2.45) is 0 Å². The first kappa shape index (κ1) is 21.4. The highest BCUT2D eigenvalue weighted by Gasteiger charge is 2.09. The molecule has 0 saturated heterocycles. The lowest BCUT2D eigenvalue weighted by atomic mass is 10.1. The quantitative estimate of drug-likeness (QED) is 0.580. The third-order valence-corrected chi connectivity index (χ3v) is 3.79. The minimum Gasteiger partial charge on any atom is -0.491 e. The van der Waals surface area contributed by atoms with Crippen molar-refractivity contribution in [2.45, 2.75) is 6.92 Å². The van der Waals surface area contributed by atoms with Gasteiger partial charge in [-0.25, -0.2) is 0 Å². The van der Waals surface area contributed by atoms with Crippen LogP contribution in [0.5, 0.6) is 5.75 Å². The monoisotopic (exact) mass is 386 g/mol. The Morgan fingerprint density at radius 2 is 1.71 bits per heavy atom. The summed E-state index contributed by atoms with van der Waals surface area (Å²) in [6.45, 7) is 4.42. The van der Waals surface area contributed by atoms with E-state index in [1.165, 1.54) is 0 Å². The van der Waals surface area contributed by atoms with E-state index in [2.05, 4.69) is 10.6 Å². The molecule has 0 atom stereocenters. The van der Waals surface area contributed by atoms with Crippen LogP contribution in [0, 0.1) is 0 Å². The van der Waals surface area contributed by atoms with Gasteiger partial charge in [-0.3, -0.25) is 9.59 Å². The average Bonchev–Trinajstić information content (AvgIpc) is 2.72. The van der Waals surface area contributed by atoms with Gasteiger partial charge in [0.1, 0.15) is 12.4 Å². The summed E-state index contributed by atoms with van der Waals surface area (Å²) in [6, 6.07) is 13.6. The Bertz CT molecular complexity index is 762. The van der Waals surface area contributed by atoms with Gasteiger partial charge < -0.3 is 24.8 Å². The minimum atomic E-state index is -0.266. The Morgan fingerprint density at radius 1 is 0.929 bits per heavy atom. The highest BCUT2D eigenvalue weighted by molar-refractivity contribution is 6.05. The number of carbonyl (C=O) groups excluding carboxylic acids is 2. The molecular weight excluding hydrogens is 360 g/mol. The predicted molar refractivity (Wildman–Crippen MR) is 107 cm³/mol. The molecule has 0 heterocycles. The van der Waals surface area contributed by atoms with Gasteiger partial charge in [-0.15, -0.1) is 0 Å². The first-order chi connectivity index (χ1) is 13.6. The maximum absolute atomic E-state index is 12.4. The molecule has 150 valence electrons. The Labute approximate surface area is 165 Å². The summed E-state index contributed by atoms with van der Waals surface area (Å²) < 4.78 is 15.7. The molecule has 0 aliphatic carbocycles. The van der Waals surface area contributed by atoms with Crippen LogP contribution in [0.25, 0.3) is 0 Å². The number of benzene rings is 2. The number of hydrogen-bond donors (Lipinski definition) is 2. The van der Waals surface area contributed by atoms with Crippen LogP contribution in [0.15, 0.2) is 48.5 Å². The van der Waals surface area contributed by atoms with E-state index in [1.807, 2.05) is 6.92 Å². The van der Waals surface area contributed by atoms with E-state index < -0.39 is 0 Å². The van der Waals surface area contributed by atoms with Gasteiger partial charge in [0, 0.05) is 37.1 Å². The number of ether oxygens (including phenoxy) is 3. The Balaban J connectivity index is 1.91. The van der Waals surface area contributed by atoms with Crippen LogP contribution in [0.1, 0.15) is 27.6 Å². The Hall–Kier alpha value is -2.90. The van der Waals surface area contributed by atoms with Gasteiger partial charge >= 0.3 is 0 Å². The summed E-state index contributed by atoms with van der Waals surface area (Å²) >= 11 is 0. The summed E-state index contributed by atoms with van der Waals surface area (Å²) in [5.41, 5.74) is 1.50. The lowest BCUT2D eigenvalue weighted by Crippen LogP contribution is -2.27. The molecule has 2 amide bonds. The summed E-state index contributed by atoms with van der Waals surface area (Å²) in [4.78, 5) is 24.5. The zero-order valence-electron chi connectivity index (χ0n) is 16.2. The minimum absolute atomic E-state index is 0.221. The van der Waals surface area contributed by atoms with E-state index in [-0.39, 0.29) is 11.8 Å². The van der Waals surface area contributed by atoms with Crippen LogP contribution < -0.4 is 15.4 Å². The summed E-state index contributed by atoms with van der Waals surface area (Å²) in [6.07, 6.45) is 0. The van der Waals surface area contributed by atoms with Crippen LogP contribution in [0.4, 0.5) is 5.69 Å². The van der Waals surface area contributed by atoms with Gasteiger partial charge in [-0.1, -0.05) is 6.07 Å². The third-order valence-electron chi connectivity index (χ3n) is 3.79. The normalized spacial score (nSPS) is 10.4. The molecular formula is C21H26N2O5. The highest BCUT2D eigenvalue weighted by atomic mass is 16.5. The van der Waals surface area contributed by atoms with E-state index >= 15 is 0 Å². The molecule has 0 bridgehead atoms. The van der Waals surface area contributed by atoms with Crippen LogP contribution in [-0.4, -0.2) is 51.9 Å². The first-order valence-corrected chi connectivity index (χ1v) is 9.13. The fraction of sp³-hybridized carbons (Fsp3) is 0.333.